The van der Waals surface area contributed by atoms with Crippen LogP contribution in [-0.4, -0.2) is 48.3 Å². The van der Waals surface area contributed by atoms with Crippen molar-refractivity contribution < 1.29 is 5.11 Å². The molecule has 2 atom stereocenters. The van der Waals surface area contributed by atoms with Crippen molar-refractivity contribution in [2.45, 2.75) is 52.6 Å². The molecule has 0 spiro atoms. The molecule has 0 aliphatic carbocycles. The van der Waals surface area contributed by atoms with Crippen LogP contribution in [0, 0.1) is 5.92 Å². The third-order valence-corrected chi connectivity index (χ3v) is 3.99. The Balaban J connectivity index is 2.25. The Bertz CT molecular complexity index is 253. The van der Waals surface area contributed by atoms with Gasteiger partial charge in [0, 0.05) is 25.2 Å². The average molecular weight is 254 g/mol. The average Bonchev–Trinajstić information content (AvgIpc) is 2.36. The molecule has 18 heavy (non-hydrogen) atoms. The SMILES string of the molecule is CC(C)=CCN1CCC(NC(C)C(C)CO)CC1. The maximum Gasteiger partial charge on any atom is 0.0471 e. The molecule has 1 aliphatic rings. The van der Waals surface area contributed by atoms with Gasteiger partial charge in [-0.25, -0.2) is 0 Å². The molecule has 0 saturated carbocycles. The summed E-state index contributed by atoms with van der Waals surface area (Å²) in [7, 11) is 0. The molecule has 3 nitrogen and oxygen atoms in total. The van der Waals surface area contributed by atoms with Crippen molar-refractivity contribution in [2.75, 3.05) is 26.2 Å². The van der Waals surface area contributed by atoms with Gasteiger partial charge in [0.2, 0.25) is 0 Å². The van der Waals surface area contributed by atoms with Gasteiger partial charge in [-0.3, -0.25) is 4.90 Å². The number of nitrogens with one attached hydrogen (secondary N) is 1. The van der Waals surface area contributed by atoms with Crippen LogP contribution in [-0.2, 0) is 0 Å². The Hall–Kier alpha value is -0.380. The predicted molar refractivity (Wildman–Crippen MR) is 77.7 cm³/mol. The van der Waals surface area contributed by atoms with Gasteiger partial charge in [-0.1, -0.05) is 18.6 Å². The van der Waals surface area contributed by atoms with Crippen LogP contribution in [0.1, 0.15) is 40.5 Å². The molecule has 1 heterocycles. The fraction of sp³-hybridized carbons (Fsp3) is 0.867. The summed E-state index contributed by atoms with van der Waals surface area (Å²) in [5, 5.41) is 12.8. The molecule has 0 aromatic carbocycles. The lowest BCUT2D eigenvalue weighted by Gasteiger charge is -2.34. The zero-order chi connectivity index (χ0) is 13.5. The van der Waals surface area contributed by atoms with Gasteiger partial charge < -0.3 is 10.4 Å². The minimum Gasteiger partial charge on any atom is -0.396 e. The fourth-order valence-corrected chi connectivity index (χ4v) is 2.29. The van der Waals surface area contributed by atoms with E-state index in [-0.39, 0.29) is 6.61 Å². The molecule has 1 fully saturated rings. The second-order valence-electron chi connectivity index (χ2n) is 5.97. The summed E-state index contributed by atoms with van der Waals surface area (Å²) in [4.78, 5) is 2.52. The highest BCUT2D eigenvalue weighted by Gasteiger charge is 2.21. The van der Waals surface area contributed by atoms with Crippen LogP contribution in [0.15, 0.2) is 11.6 Å². The molecule has 3 heteroatoms. The first kappa shape index (κ1) is 15.7. The van der Waals surface area contributed by atoms with Crippen molar-refractivity contribution in [1.29, 1.82) is 0 Å². The van der Waals surface area contributed by atoms with Crippen LogP contribution in [0.5, 0.6) is 0 Å². The van der Waals surface area contributed by atoms with E-state index in [2.05, 4.69) is 44.0 Å². The van der Waals surface area contributed by atoms with E-state index >= 15 is 0 Å². The van der Waals surface area contributed by atoms with E-state index < -0.39 is 0 Å². The lowest BCUT2D eigenvalue weighted by molar-refractivity contribution is 0.172. The third kappa shape index (κ3) is 5.51. The summed E-state index contributed by atoms with van der Waals surface area (Å²) in [5.74, 6) is 0.341. The van der Waals surface area contributed by atoms with E-state index in [4.69, 9.17) is 5.11 Å². The molecule has 0 radical (unpaired) electrons. The number of aliphatic hydroxyl groups excluding tert-OH is 1. The summed E-state index contributed by atoms with van der Waals surface area (Å²) < 4.78 is 0. The summed E-state index contributed by atoms with van der Waals surface area (Å²) in [6.45, 7) is 12.3. The summed E-state index contributed by atoms with van der Waals surface area (Å²) >= 11 is 0. The highest BCUT2D eigenvalue weighted by molar-refractivity contribution is 4.95. The van der Waals surface area contributed by atoms with Crippen LogP contribution in [0.25, 0.3) is 0 Å². The minimum atomic E-state index is 0.271. The van der Waals surface area contributed by atoms with Gasteiger partial charge in [-0.05, 0) is 52.6 Å². The highest BCUT2D eigenvalue weighted by atomic mass is 16.3. The van der Waals surface area contributed by atoms with E-state index in [9.17, 15) is 0 Å². The molecule has 2 N–H and O–H groups in total. The smallest absolute Gasteiger partial charge is 0.0471 e. The van der Waals surface area contributed by atoms with Crippen molar-refractivity contribution >= 4 is 0 Å². The van der Waals surface area contributed by atoms with E-state index in [1.807, 2.05) is 0 Å². The van der Waals surface area contributed by atoms with E-state index in [1.165, 1.54) is 31.5 Å². The molecule has 106 valence electrons. The molecule has 1 saturated heterocycles. The summed E-state index contributed by atoms with van der Waals surface area (Å²) in [6.07, 6.45) is 4.75. The number of hydrogen-bond acceptors (Lipinski definition) is 3. The van der Waals surface area contributed by atoms with Crippen LogP contribution in [0.3, 0.4) is 0 Å². The first-order chi connectivity index (χ1) is 8.52. The zero-order valence-electron chi connectivity index (χ0n) is 12.4. The van der Waals surface area contributed by atoms with Crippen LogP contribution in [0.2, 0.25) is 0 Å². The fourth-order valence-electron chi connectivity index (χ4n) is 2.29. The maximum atomic E-state index is 9.14. The number of nitrogens with zero attached hydrogens (tertiary/aromatic N) is 1. The monoisotopic (exact) mass is 254 g/mol. The topological polar surface area (TPSA) is 35.5 Å². The van der Waals surface area contributed by atoms with E-state index in [1.54, 1.807) is 0 Å². The standard InChI is InChI=1S/C15H30N2O/c1-12(2)5-8-17-9-6-15(7-10-17)16-14(4)13(3)11-18/h5,13-16,18H,6-11H2,1-4H3. The maximum absolute atomic E-state index is 9.14. The molecular formula is C15H30N2O. The van der Waals surface area contributed by atoms with Crippen molar-refractivity contribution in [1.82, 2.24) is 10.2 Å². The normalized spacial score (nSPS) is 21.6. The molecule has 0 aromatic rings. The Morgan fingerprint density at radius 2 is 1.94 bits per heavy atom. The molecule has 1 aliphatic heterocycles. The quantitative estimate of drug-likeness (QED) is 0.712. The number of rotatable bonds is 6. The van der Waals surface area contributed by atoms with Gasteiger partial charge in [-0.2, -0.15) is 0 Å². The van der Waals surface area contributed by atoms with Gasteiger partial charge in [0.1, 0.15) is 0 Å². The molecule has 0 amide bonds. The van der Waals surface area contributed by atoms with E-state index in [0.29, 0.717) is 18.0 Å². The van der Waals surface area contributed by atoms with Crippen molar-refractivity contribution in [3.05, 3.63) is 11.6 Å². The van der Waals surface area contributed by atoms with Gasteiger partial charge in [0.25, 0.3) is 0 Å². The largest absolute Gasteiger partial charge is 0.396 e. The highest BCUT2D eigenvalue weighted by Crippen LogP contribution is 2.13. The third-order valence-electron chi connectivity index (χ3n) is 3.99. The number of hydrogen-bond donors (Lipinski definition) is 2. The van der Waals surface area contributed by atoms with Gasteiger partial charge in [0.05, 0.1) is 0 Å². The van der Waals surface area contributed by atoms with Gasteiger partial charge >= 0.3 is 0 Å². The Kier molecular flexibility index (Phi) is 6.90. The van der Waals surface area contributed by atoms with Crippen molar-refractivity contribution in [3.63, 3.8) is 0 Å². The van der Waals surface area contributed by atoms with Crippen LogP contribution < -0.4 is 5.32 Å². The second-order valence-corrected chi connectivity index (χ2v) is 5.97. The number of allylic oxidation sites excluding steroid dienone is 1. The zero-order valence-corrected chi connectivity index (χ0v) is 12.4. The lowest BCUT2D eigenvalue weighted by atomic mass is 9.99. The number of likely N-dealkylation sites (tertiary alicyclic amines) is 1. The van der Waals surface area contributed by atoms with Crippen molar-refractivity contribution in [3.8, 4) is 0 Å². The minimum absolute atomic E-state index is 0.271. The Morgan fingerprint density at radius 1 is 1.33 bits per heavy atom. The van der Waals surface area contributed by atoms with Crippen LogP contribution in [0.4, 0.5) is 0 Å². The lowest BCUT2D eigenvalue weighted by Crippen LogP contribution is -2.47. The Labute approximate surface area is 112 Å². The first-order valence-electron chi connectivity index (χ1n) is 7.25. The van der Waals surface area contributed by atoms with Crippen molar-refractivity contribution in [2.24, 2.45) is 5.92 Å². The molecular weight excluding hydrogens is 224 g/mol. The molecule has 2 unspecified atom stereocenters. The molecule has 0 bridgehead atoms. The number of piperidine rings is 1. The summed E-state index contributed by atoms with van der Waals surface area (Å²) in [5.41, 5.74) is 1.40. The predicted octanol–water partition coefficient (Wildman–Crippen LogP) is 2.02. The molecule has 0 aromatic heterocycles. The Morgan fingerprint density at radius 3 is 2.44 bits per heavy atom. The molecule has 1 rings (SSSR count). The second kappa shape index (κ2) is 7.93. The van der Waals surface area contributed by atoms with E-state index in [0.717, 1.165) is 6.54 Å². The van der Waals surface area contributed by atoms with Gasteiger partial charge in [-0.15, -0.1) is 0 Å². The first-order valence-corrected chi connectivity index (χ1v) is 7.25. The van der Waals surface area contributed by atoms with Gasteiger partial charge in [0.15, 0.2) is 0 Å². The van der Waals surface area contributed by atoms with Crippen LogP contribution >= 0.6 is 0 Å². The summed E-state index contributed by atoms with van der Waals surface area (Å²) in [6, 6.07) is 1.03. The number of aliphatic hydroxyl groups is 1.